The summed E-state index contributed by atoms with van der Waals surface area (Å²) in [5, 5.41) is 3.98. The number of rotatable bonds is 4. The first-order valence-corrected chi connectivity index (χ1v) is 9.17. The molecule has 6 nitrogen and oxygen atoms in total. The molecular weight excluding hydrogens is 359 g/mol. The fraction of sp³-hybridized carbons (Fsp3) is 0.286. The van der Waals surface area contributed by atoms with Gasteiger partial charge in [0, 0.05) is 29.8 Å². The van der Waals surface area contributed by atoms with E-state index in [1.54, 1.807) is 36.4 Å². The number of nitrogens with two attached hydrogens (primary N) is 1. The molecule has 0 bridgehead atoms. The molecule has 28 heavy (non-hydrogen) atoms. The van der Waals surface area contributed by atoms with Gasteiger partial charge in [0.1, 0.15) is 5.82 Å². The number of aromatic nitrogens is 2. The lowest BCUT2D eigenvalue weighted by Gasteiger charge is -2.22. The van der Waals surface area contributed by atoms with Crippen molar-refractivity contribution in [2.24, 2.45) is 11.1 Å². The minimum absolute atomic E-state index is 0.00299. The normalized spacial score (nSPS) is 19.2. The molecule has 0 spiro atoms. The molecule has 2 heterocycles. The van der Waals surface area contributed by atoms with Crippen LogP contribution in [0, 0.1) is 11.2 Å². The highest BCUT2D eigenvalue weighted by atomic mass is 19.1. The van der Waals surface area contributed by atoms with Gasteiger partial charge in [0.2, 0.25) is 5.82 Å². The second kappa shape index (κ2) is 7.16. The van der Waals surface area contributed by atoms with Crippen LogP contribution in [0.5, 0.6) is 0 Å². The number of likely N-dealkylation sites (tertiary alicyclic amines) is 1. The predicted molar refractivity (Wildman–Crippen MR) is 103 cm³/mol. The number of benzene rings is 2. The maximum Gasteiger partial charge on any atom is 0.258 e. The van der Waals surface area contributed by atoms with Crippen molar-refractivity contribution < 1.29 is 13.7 Å². The summed E-state index contributed by atoms with van der Waals surface area (Å²) < 4.78 is 18.3. The molecule has 1 aliphatic heterocycles. The van der Waals surface area contributed by atoms with Crippen molar-refractivity contribution in [1.29, 1.82) is 0 Å². The van der Waals surface area contributed by atoms with Gasteiger partial charge in [0.05, 0.1) is 0 Å². The van der Waals surface area contributed by atoms with E-state index in [0.29, 0.717) is 35.9 Å². The summed E-state index contributed by atoms with van der Waals surface area (Å²) >= 11 is 0. The zero-order chi connectivity index (χ0) is 19.7. The summed E-state index contributed by atoms with van der Waals surface area (Å²) in [4.78, 5) is 18.9. The van der Waals surface area contributed by atoms with Gasteiger partial charge in [-0.25, -0.2) is 4.39 Å². The van der Waals surface area contributed by atoms with Crippen LogP contribution in [0.1, 0.15) is 23.7 Å². The van der Waals surface area contributed by atoms with Crippen molar-refractivity contribution in [3.8, 4) is 22.8 Å². The van der Waals surface area contributed by atoms with Gasteiger partial charge in [0.25, 0.3) is 11.8 Å². The number of carbonyl (C=O) groups is 1. The topological polar surface area (TPSA) is 85.2 Å². The zero-order valence-electron chi connectivity index (χ0n) is 15.6. The summed E-state index contributed by atoms with van der Waals surface area (Å²) in [6.45, 7) is 4.08. The molecule has 1 amide bonds. The quantitative estimate of drug-likeness (QED) is 0.750. The number of halogens is 1. The fourth-order valence-electron chi connectivity index (χ4n) is 3.36. The van der Waals surface area contributed by atoms with E-state index >= 15 is 0 Å². The summed E-state index contributed by atoms with van der Waals surface area (Å²) in [5.74, 6) is 0.404. The molecular formula is C21H21FN4O2. The highest BCUT2D eigenvalue weighted by Gasteiger charge is 2.35. The monoisotopic (exact) mass is 380 g/mol. The highest BCUT2D eigenvalue weighted by Crippen LogP contribution is 2.30. The van der Waals surface area contributed by atoms with Gasteiger partial charge in [-0.1, -0.05) is 24.2 Å². The van der Waals surface area contributed by atoms with Crippen LogP contribution in [-0.2, 0) is 0 Å². The minimum atomic E-state index is -0.325. The molecule has 144 valence electrons. The van der Waals surface area contributed by atoms with Gasteiger partial charge in [0.15, 0.2) is 0 Å². The second-order valence-corrected chi connectivity index (χ2v) is 7.50. The van der Waals surface area contributed by atoms with Crippen molar-refractivity contribution >= 4 is 5.91 Å². The molecule has 7 heteroatoms. The van der Waals surface area contributed by atoms with Crippen molar-refractivity contribution in [3.05, 3.63) is 59.9 Å². The van der Waals surface area contributed by atoms with Crippen molar-refractivity contribution in [3.63, 3.8) is 0 Å². The van der Waals surface area contributed by atoms with Gasteiger partial charge in [-0.3, -0.25) is 4.79 Å². The fourth-order valence-corrected chi connectivity index (χ4v) is 3.36. The molecule has 3 aromatic rings. The molecule has 0 saturated carbocycles. The Morgan fingerprint density at radius 1 is 1.18 bits per heavy atom. The third kappa shape index (κ3) is 3.53. The molecule has 1 saturated heterocycles. The number of amides is 1. The van der Waals surface area contributed by atoms with E-state index in [2.05, 4.69) is 17.1 Å². The molecule has 2 aromatic carbocycles. The standard InChI is InChI=1S/C21H21FN4O2/c1-21(12-23)10-11-26(13-21)20(27)16-4-2-14(3-5-16)18-24-19(28-25-18)15-6-8-17(22)9-7-15/h2-9H,10-13,23H2,1H3. The van der Waals surface area contributed by atoms with E-state index in [9.17, 15) is 9.18 Å². The lowest BCUT2D eigenvalue weighted by molar-refractivity contribution is 0.0777. The third-order valence-corrected chi connectivity index (χ3v) is 5.25. The van der Waals surface area contributed by atoms with E-state index in [1.165, 1.54) is 12.1 Å². The summed E-state index contributed by atoms with van der Waals surface area (Å²) in [7, 11) is 0. The Morgan fingerprint density at radius 3 is 2.50 bits per heavy atom. The first-order chi connectivity index (χ1) is 13.5. The van der Waals surface area contributed by atoms with Crippen LogP contribution < -0.4 is 5.73 Å². The van der Waals surface area contributed by atoms with Crippen molar-refractivity contribution in [1.82, 2.24) is 15.0 Å². The van der Waals surface area contributed by atoms with E-state index in [4.69, 9.17) is 10.3 Å². The maximum atomic E-state index is 13.0. The molecule has 1 fully saturated rings. The molecule has 1 unspecified atom stereocenters. The number of nitrogens with zero attached hydrogens (tertiary/aromatic N) is 3. The second-order valence-electron chi connectivity index (χ2n) is 7.50. The van der Waals surface area contributed by atoms with E-state index < -0.39 is 0 Å². The van der Waals surface area contributed by atoms with Gasteiger partial charge in [-0.15, -0.1) is 0 Å². The zero-order valence-corrected chi connectivity index (χ0v) is 15.6. The smallest absolute Gasteiger partial charge is 0.258 e. The Morgan fingerprint density at radius 2 is 1.86 bits per heavy atom. The Balaban J connectivity index is 1.49. The Labute approximate surface area is 162 Å². The largest absolute Gasteiger partial charge is 0.338 e. The SMILES string of the molecule is CC1(CN)CCN(C(=O)c2ccc(-c3noc(-c4ccc(F)cc4)n3)cc2)C1. The summed E-state index contributed by atoms with van der Waals surface area (Å²) in [6, 6.07) is 13.0. The van der Waals surface area contributed by atoms with E-state index in [0.717, 1.165) is 18.5 Å². The van der Waals surface area contributed by atoms with Crippen LogP contribution in [-0.4, -0.2) is 40.6 Å². The van der Waals surface area contributed by atoms with Crippen molar-refractivity contribution in [2.45, 2.75) is 13.3 Å². The van der Waals surface area contributed by atoms with Crippen LogP contribution in [0.3, 0.4) is 0 Å². The highest BCUT2D eigenvalue weighted by molar-refractivity contribution is 5.94. The predicted octanol–water partition coefficient (Wildman–Crippen LogP) is 3.35. The van der Waals surface area contributed by atoms with Gasteiger partial charge in [-0.2, -0.15) is 4.98 Å². The number of hydrogen-bond donors (Lipinski definition) is 1. The molecule has 1 atom stereocenters. The third-order valence-electron chi connectivity index (χ3n) is 5.25. The average molecular weight is 380 g/mol. The van der Waals surface area contributed by atoms with E-state index in [1.807, 2.05) is 4.90 Å². The summed E-state index contributed by atoms with van der Waals surface area (Å²) in [6.07, 6.45) is 0.919. The minimum Gasteiger partial charge on any atom is -0.338 e. The maximum absolute atomic E-state index is 13.0. The van der Waals surface area contributed by atoms with Gasteiger partial charge in [-0.05, 0) is 54.8 Å². The number of hydrogen-bond acceptors (Lipinski definition) is 5. The van der Waals surface area contributed by atoms with Gasteiger partial charge < -0.3 is 15.2 Å². The Kier molecular flexibility index (Phi) is 4.68. The average Bonchev–Trinajstić information content (AvgIpc) is 3.36. The lowest BCUT2D eigenvalue weighted by atomic mass is 9.90. The first-order valence-electron chi connectivity index (χ1n) is 9.17. The Hall–Kier alpha value is -3.06. The van der Waals surface area contributed by atoms with Gasteiger partial charge >= 0.3 is 0 Å². The van der Waals surface area contributed by atoms with Crippen LogP contribution in [0.2, 0.25) is 0 Å². The van der Waals surface area contributed by atoms with Crippen molar-refractivity contribution in [2.75, 3.05) is 19.6 Å². The van der Waals surface area contributed by atoms with Crippen LogP contribution in [0.15, 0.2) is 53.1 Å². The molecule has 4 rings (SSSR count). The molecule has 0 aliphatic carbocycles. The van der Waals surface area contributed by atoms with E-state index in [-0.39, 0.29) is 17.1 Å². The van der Waals surface area contributed by atoms with Crippen LogP contribution >= 0.6 is 0 Å². The summed E-state index contributed by atoms with van der Waals surface area (Å²) in [5.41, 5.74) is 7.82. The lowest BCUT2D eigenvalue weighted by Crippen LogP contribution is -2.34. The molecule has 2 N–H and O–H groups in total. The number of carbonyl (C=O) groups excluding carboxylic acids is 1. The Bertz CT molecular complexity index is 984. The molecule has 0 radical (unpaired) electrons. The molecule has 1 aliphatic rings. The van der Waals surface area contributed by atoms with Crippen LogP contribution in [0.4, 0.5) is 4.39 Å². The first kappa shape index (κ1) is 18.3. The molecule has 1 aromatic heterocycles. The van der Waals surface area contributed by atoms with Crippen LogP contribution in [0.25, 0.3) is 22.8 Å².